The Balaban J connectivity index is 2.74. The van der Waals surface area contributed by atoms with Crippen LogP contribution in [0.4, 0.5) is 0 Å². The molecule has 0 saturated heterocycles. The Labute approximate surface area is 112 Å². The zero-order valence-corrected chi connectivity index (χ0v) is 11.4. The van der Waals surface area contributed by atoms with Crippen LogP contribution in [0.15, 0.2) is 15.5 Å². The van der Waals surface area contributed by atoms with Gasteiger partial charge >= 0.3 is 0 Å². The molecule has 0 amide bonds. The van der Waals surface area contributed by atoms with E-state index >= 15 is 0 Å². The Bertz CT molecular complexity index is 625. The van der Waals surface area contributed by atoms with E-state index < -0.39 is 3.79 Å². The second-order valence-corrected chi connectivity index (χ2v) is 6.29. The van der Waals surface area contributed by atoms with Gasteiger partial charge in [-0.2, -0.15) is 0 Å². The molecule has 92 valence electrons. The molecule has 0 fully saturated rings. The molecule has 0 unspecified atom stereocenters. The second kappa shape index (κ2) is 4.19. The summed E-state index contributed by atoms with van der Waals surface area (Å²) < 4.78 is 5.27. The maximum absolute atomic E-state index is 12.0. The Morgan fingerprint density at radius 1 is 1.47 bits per heavy atom. The number of hydrogen-bond acceptors (Lipinski definition) is 3. The summed E-state index contributed by atoms with van der Waals surface area (Å²) in [5, 5.41) is 0.374. The molecule has 0 saturated carbocycles. The topological polar surface area (TPSA) is 48.0 Å². The molecule has 7 heteroatoms. The number of furan rings is 1. The van der Waals surface area contributed by atoms with Gasteiger partial charge in [0.1, 0.15) is 17.5 Å². The van der Waals surface area contributed by atoms with Crippen LogP contribution in [0.2, 0.25) is 0 Å². The second-order valence-electron chi connectivity index (χ2n) is 3.77. The first-order chi connectivity index (χ1) is 7.79. The van der Waals surface area contributed by atoms with E-state index in [1.165, 1.54) is 10.9 Å². The van der Waals surface area contributed by atoms with Crippen molar-refractivity contribution in [2.75, 3.05) is 0 Å². The van der Waals surface area contributed by atoms with Crippen molar-refractivity contribution in [3.63, 3.8) is 0 Å². The zero-order chi connectivity index (χ0) is 12.8. The van der Waals surface area contributed by atoms with Crippen LogP contribution in [0.5, 0.6) is 0 Å². The number of fused-ring (bicyclic) bond motifs is 1. The van der Waals surface area contributed by atoms with E-state index in [1.54, 1.807) is 14.0 Å². The van der Waals surface area contributed by atoms with Crippen LogP contribution >= 0.6 is 34.8 Å². The summed E-state index contributed by atoms with van der Waals surface area (Å²) in [4.78, 5) is 16.0. The summed E-state index contributed by atoms with van der Waals surface area (Å²) >= 11 is 17.2. The fourth-order valence-corrected chi connectivity index (χ4v) is 2.06. The van der Waals surface area contributed by atoms with Crippen LogP contribution in [0.25, 0.3) is 11.1 Å². The fraction of sp³-hybridized carbons (Fsp3) is 0.400. The Morgan fingerprint density at radius 2 is 2.12 bits per heavy atom. The molecule has 17 heavy (non-hydrogen) atoms. The van der Waals surface area contributed by atoms with Crippen LogP contribution in [0, 0.1) is 6.92 Å². The van der Waals surface area contributed by atoms with E-state index in [-0.39, 0.29) is 17.7 Å². The lowest BCUT2D eigenvalue weighted by atomic mass is 10.1. The lowest BCUT2D eigenvalue weighted by Crippen LogP contribution is -2.18. The van der Waals surface area contributed by atoms with Gasteiger partial charge in [-0.3, -0.25) is 4.79 Å². The normalized spacial score (nSPS) is 12.3. The molecule has 0 N–H and O–H groups in total. The molecule has 2 heterocycles. The molecule has 0 spiro atoms. The van der Waals surface area contributed by atoms with E-state index in [0.717, 1.165) is 0 Å². The molecule has 0 radical (unpaired) electrons. The molecule has 0 bridgehead atoms. The third-order valence-electron chi connectivity index (χ3n) is 2.45. The predicted molar refractivity (Wildman–Crippen MR) is 68.0 cm³/mol. The highest BCUT2D eigenvalue weighted by Gasteiger charge is 2.26. The highest BCUT2D eigenvalue weighted by atomic mass is 35.6. The number of rotatable bonds is 1. The van der Waals surface area contributed by atoms with Crippen molar-refractivity contribution in [3.05, 3.63) is 28.0 Å². The van der Waals surface area contributed by atoms with Crippen LogP contribution in [0.1, 0.15) is 11.3 Å². The number of alkyl halides is 3. The standard InChI is InChI=1S/C10H9Cl3N2O2/c1-5-6(3-10(11,12)13)7-8(17-5)14-4-15(2)9(7)16/h4H,3H2,1-2H3. The quantitative estimate of drug-likeness (QED) is 0.760. The molecular weight excluding hydrogens is 286 g/mol. The van der Waals surface area contributed by atoms with Crippen LogP contribution in [-0.4, -0.2) is 13.3 Å². The molecule has 0 atom stereocenters. The number of aryl methyl sites for hydroxylation is 2. The lowest BCUT2D eigenvalue weighted by Gasteiger charge is -2.09. The molecular formula is C10H9Cl3N2O2. The Hall–Kier alpha value is -0.710. The summed E-state index contributed by atoms with van der Waals surface area (Å²) in [7, 11) is 1.61. The summed E-state index contributed by atoms with van der Waals surface area (Å²) in [5.74, 6) is 0.544. The van der Waals surface area contributed by atoms with Gasteiger partial charge in [0.15, 0.2) is 3.79 Å². The SMILES string of the molecule is Cc1oc2ncn(C)c(=O)c2c1CC(Cl)(Cl)Cl. The maximum atomic E-state index is 12.0. The summed E-state index contributed by atoms with van der Waals surface area (Å²) in [6.45, 7) is 1.72. The fourth-order valence-electron chi connectivity index (χ4n) is 1.66. The summed E-state index contributed by atoms with van der Waals surface area (Å²) in [6, 6.07) is 0. The predicted octanol–water partition coefficient (Wildman–Crippen LogP) is 2.75. The number of hydrogen-bond donors (Lipinski definition) is 0. The Kier molecular flexibility index (Phi) is 3.14. The zero-order valence-electron chi connectivity index (χ0n) is 9.13. The first kappa shape index (κ1) is 12.7. The molecule has 4 nitrogen and oxygen atoms in total. The average Bonchev–Trinajstić information content (AvgIpc) is 2.48. The van der Waals surface area contributed by atoms with Crippen molar-refractivity contribution in [3.8, 4) is 0 Å². The average molecular weight is 296 g/mol. The maximum Gasteiger partial charge on any atom is 0.264 e. The minimum atomic E-state index is -1.47. The van der Waals surface area contributed by atoms with Crippen molar-refractivity contribution < 1.29 is 4.42 Å². The number of nitrogens with zero attached hydrogens (tertiary/aromatic N) is 2. The Morgan fingerprint density at radius 3 is 2.71 bits per heavy atom. The summed E-state index contributed by atoms with van der Waals surface area (Å²) in [5.41, 5.74) is 0.652. The minimum absolute atomic E-state index is 0.109. The van der Waals surface area contributed by atoms with E-state index in [0.29, 0.717) is 16.7 Å². The minimum Gasteiger partial charge on any atom is -0.443 e. The van der Waals surface area contributed by atoms with E-state index in [2.05, 4.69) is 4.98 Å². The van der Waals surface area contributed by atoms with E-state index in [1.807, 2.05) is 0 Å². The van der Waals surface area contributed by atoms with E-state index in [9.17, 15) is 4.79 Å². The van der Waals surface area contributed by atoms with Crippen molar-refractivity contribution >= 4 is 45.9 Å². The van der Waals surface area contributed by atoms with Gasteiger partial charge in [-0.15, -0.1) is 0 Å². The third-order valence-corrected chi connectivity index (χ3v) is 2.85. The molecule has 2 aromatic heterocycles. The van der Waals surface area contributed by atoms with Gasteiger partial charge in [-0.05, 0) is 6.92 Å². The highest BCUT2D eigenvalue weighted by molar-refractivity contribution is 6.67. The largest absolute Gasteiger partial charge is 0.443 e. The first-order valence-electron chi connectivity index (χ1n) is 4.80. The number of aromatic nitrogens is 2. The van der Waals surface area contributed by atoms with Gasteiger partial charge in [0.05, 0.1) is 0 Å². The van der Waals surface area contributed by atoms with Crippen molar-refractivity contribution in [1.29, 1.82) is 0 Å². The monoisotopic (exact) mass is 294 g/mol. The highest BCUT2D eigenvalue weighted by Crippen LogP contribution is 2.34. The van der Waals surface area contributed by atoms with Crippen molar-refractivity contribution in [2.45, 2.75) is 17.1 Å². The van der Waals surface area contributed by atoms with Gasteiger partial charge < -0.3 is 8.98 Å². The van der Waals surface area contributed by atoms with Crippen LogP contribution < -0.4 is 5.56 Å². The van der Waals surface area contributed by atoms with Gasteiger partial charge in [-0.1, -0.05) is 34.8 Å². The first-order valence-corrected chi connectivity index (χ1v) is 5.93. The smallest absolute Gasteiger partial charge is 0.264 e. The molecule has 2 aromatic rings. The van der Waals surface area contributed by atoms with Crippen LogP contribution in [0.3, 0.4) is 0 Å². The van der Waals surface area contributed by atoms with Gasteiger partial charge in [-0.25, -0.2) is 4.98 Å². The molecule has 2 rings (SSSR count). The van der Waals surface area contributed by atoms with Gasteiger partial charge in [0, 0.05) is 19.0 Å². The number of halogens is 3. The molecule has 0 aliphatic carbocycles. The van der Waals surface area contributed by atoms with E-state index in [4.69, 9.17) is 39.2 Å². The molecule has 0 aliphatic heterocycles. The van der Waals surface area contributed by atoms with Crippen LogP contribution in [-0.2, 0) is 13.5 Å². The van der Waals surface area contributed by atoms with Gasteiger partial charge in [0.25, 0.3) is 5.56 Å². The van der Waals surface area contributed by atoms with Crippen molar-refractivity contribution in [2.24, 2.45) is 7.05 Å². The van der Waals surface area contributed by atoms with Crippen molar-refractivity contribution in [1.82, 2.24) is 9.55 Å². The summed E-state index contributed by atoms with van der Waals surface area (Å²) in [6.07, 6.45) is 1.50. The third kappa shape index (κ3) is 2.44. The lowest BCUT2D eigenvalue weighted by molar-refractivity contribution is 0.559. The van der Waals surface area contributed by atoms with Gasteiger partial charge in [0.2, 0.25) is 5.71 Å². The molecule has 0 aromatic carbocycles. The molecule has 0 aliphatic rings.